The second-order valence-corrected chi connectivity index (χ2v) is 7.80. The lowest BCUT2D eigenvalue weighted by Gasteiger charge is -2.21. The van der Waals surface area contributed by atoms with Crippen LogP contribution < -0.4 is 0 Å². The average Bonchev–Trinajstić information content (AvgIpc) is 3.14. The molecule has 2 rings (SSSR count). The van der Waals surface area contributed by atoms with Crippen molar-refractivity contribution in [3.05, 3.63) is 57.8 Å². The van der Waals surface area contributed by atoms with Gasteiger partial charge in [-0.25, -0.2) is 0 Å². The molecule has 0 fully saturated rings. The largest absolute Gasteiger partial charge is 0.480 e. The van der Waals surface area contributed by atoms with Crippen LogP contribution in [0.4, 0.5) is 0 Å². The van der Waals surface area contributed by atoms with Crippen LogP contribution in [0.25, 0.3) is 0 Å². The summed E-state index contributed by atoms with van der Waals surface area (Å²) in [4.78, 5) is 24.6. The van der Waals surface area contributed by atoms with Gasteiger partial charge in [0.15, 0.2) is 5.41 Å². The number of thiophene rings is 1. The summed E-state index contributed by atoms with van der Waals surface area (Å²) >= 11 is 1.54. The SMILES string of the molecule is CCOC(=O)C(C)(CCc1cc(C#CCCCc2ccccc2)cs1)C(=O)O. The lowest BCUT2D eigenvalue weighted by atomic mass is 9.85. The van der Waals surface area contributed by atoms with Crippen LogP contribution in [0.1, 0.15) is 49.1 Å². The molecule has 0 spiro atoms. The summed E-state index contributed by atoms with van der Waals surface area (Å²) < 4.78 is 4.93. The van der Waals surface area contributed by atoms with Gasteiger partial charge in [0.2, 0.25) is 0 Å². The van der Waals surface area contributed by atoms with E-state index in [1.165, 1.54) is 12.5 Å². The van der Waals surface area contributed by atoms with E-state index in [-0.39, 0.29) is 13.0 Å². The number of rotatable bonds is 9. The van der Waals surface area contributed by atoms with Crippen molar-refractivity contribution in [1.29, 1.82) is 0 Å². The van der Waals surface area contributed by atoms with Crippen LogP contribution in [-0.2, 0) is 27.2 Å². The zero-order valence-corrected chi connectivity index (χ0v) is 17.2. The molecule has 1 unspecified atom stereocenters. The fourth-order valence-electron chi connectivity index (χ4n) is 2.73. The van der Waals surface area contributed by atoms with Crippen LogP contribution in [0.15, 0.2) is 41.8 Å². The van der Waals surface area contributed by atoms with Crippen LogP contribution in [-0.4, -0.2) is 23.7 Å². The maximum Gasteiger partial charge on any atom is 0.323 e. The van der Waals surface area contributed by atoms with E-state index in [1.807, 2.05) is 29.6 Å². The summed E-state index contributed by atoms with van der Waals surface area (Å²) in [6, 6.07) is 12.3. The molecule has 5 heteroatoms. The number of aryl methyl sites for hydroxylation is 2. The number of carboxylic acid groups (broad SMARTS) is 1. The van der Waals surface area contributed by atoms with Gasteiger partial charge in [0.25, 0.3) is 0 Å². The zero-order chi connectivity index (χ0) is 20.4. The Hall–Kier alpha value is -2.58. The van der Waals surface area contributed by atoms with Crippen LogP contribution in [0.2, 0.25) is 0 Å². The maximum absolute atomic E-state index is 12.0. The first-order chi connectivity index (χ1) is 13.5. The topological polar surface area (TPSA) is 63.6 Å². The summed E-state index contributed by atoms with van der Waals surface area (Å²) in [6.07, 6.45) is 3.57. The molecule has 148 valence electrons. The Morgan fingerprint density at radius 1 is 1.21 bits per heavy atom. The Morgan fingerprint density at radius 3 is 2.64 bits per heavy atom. The van der Waals surface area contributed by atoms with Gasteiger partial charge in [-0.1, -0.05) is 42.2 Å². The molecule has 0 aliphatic rings. The fourth-order valence-corrected chi connectivity index (χ4v) is 3.55. The highest BCUT2D eigenvalue weighted by Crippen LogP contribution is 2.28. The van der Waals surface area contributed by atoms with E-state index in [0.717, 1.165) is 29.7 Å². The van der Waals surface area contributed by atoms with Crippen molar-refractivity contribution in [2.24, 2.45) is 5.41 Å². The van der Waals surface area contributed by atoms with Crippen molar-refractivity contribution >= 4 is 23.3 Å². The Balaban J connectivity index is 1.85. The Bertz CT molecular complexity index is 844. The molecule has 4 nitrogen and oxygen atoms in total. The monoisotopic (exact) mass is 398 g/mol. The molecule has 1 aromatic carbocycles. The summed E-state index contributed by atoms with van der Waals surface area (Å²) in [7, 11) is 0. The Labute approximate surface area is 170 Å². The molecule has 0 radical (unpaired) electrons. The van der Waals surface area contributed by atoms with Crippen LogP contribution >= 0.6 is 11.3 Å². The van der Waals surface area contributed by atoms with E-state index in [4.69, 9.17) is 4.74 Å². The number of aliphatic carboxylic acids is 1. The highest BCUT2D eigenvalue weighted by Gasteiger charge is 2.42. The molecule has 1 heterocycles. The number of hydrogen-bond donors (Lipinski definition) is 1. The lowest BCUT2D eigenvalue weighted by Crippen LogP contribution is -2.38. The highest BCUT2D eigenvalue weighted by molar-refractivity contribution is 7.10. The van der Waals surface area contributed by atoms with Crippen molar-refractivity contribution < 1.29 is 19.4 Å². The molecule has 1 atom stereocenters. The normalized spacial score (nSPS) is 12.5. The standard InChI is InChI=1S/C23H26O4S/c1-3-27-22(26)23(2,21(24)25)15-14-20-16-19(17-28-20)13-9-5-8-12-18-10-6-4-7-11-18/h4,6-7,10-11,16-17H,3,5,8,12,14-15H2,1-2H3,(H,24,25). The molecular formula is C23H26O4S. The minimum absolute atomic E-state index is 0.171. The van der Waals surface area contributed by atoms with Crippen LogP contribution in [0.3, 0.4) is 0 Å². The van der Waals surface area contributed by atoms with Gasteiger partial charge >= 0.3 is 11.9 Å². The number of carbonyl (C=O) groups is 2. The van der Waals surface area contributed by atoms with E-state index in [2.05, 4.69) is 24.0 Å². The van der Waals surface area contributed by atoms with Gasteiger partial charge in [0, 0.05) is 22.2 Å². The number of carbonyl (C=O) groups excluding carboxylic acids is 1. The molecule has 0 aliphatic carbocycles. The van der Waals surface area contributed by atoms with Gasteiger partial charge in [0.05, 0.1) is 6.61 Å². The molecule has 2 aromatic rings. The molecule has 0 bridgehead atoms. The van der Waals surface area contributed by atoms with Crippen molar-refractivity contribution in [3.63, 3.8) is 0 Å². The van der Waals surface area contributed by atoms with Gasteiger partial charge in [0.1, 0.15) is 0 Å². The molecule has 0 saturated carbocycles. The molecule has 0 saturated heterocycles. The fraction of sp³-hybridized carbons (Fsp3) is 0.391. The maximum atomic E-state index is 12.0. The molecular weight excluding hydrogens is 372 g/mol. The first-order valence-corrected chi connectivity index (χ1v) is 10.3. The summed E-state index contributed by atoms with van der Waals surface area (Å²) in [5.74, 6) is 4.53. The second kappa shape index (κ2) is 10.7. The molecule has 28 heavy (non-hydrogen) atoms. The molecule has 0 aliphatic heterocycles. The zero-order valence-electron chi connectivity index (χ0n) is 16.4. The van der Waals surface area contributed by atoms with Crippen molar-refractivity contribution in [2.75, 3.05) is 6.61 Å². The summed E-state index contributed by atoms with van der Waals surface area (Å²) in [6.45, 7) is 3.27. The summed E-state index contributed by atoms with van der Waals surface area (Å²) in [5.41, 5.74) is 0.738. The van der Waals surface area contributed by atoms with Crippen molar-refractivity contribution in [2.45, 2.75) is 46.0 Å². The van der Waals surface area contributed by atoms with E-state index < -0.39 is 17.4 Å². The number of ether oxygens (including phenoxy) is 1. The second-order valence-electron chi connectivity index (χ2n) is 6.80. The lowest BCUT2D eigenvalue weighted by molar-refractivity contribution is -0.167. The van der Waals surface area contributed by atoms with Crippen LogP contribution in [0, 0.1) is 17.3 Å². The molecule has 0 amide bonds. The van der Waals surface area contributed by atoms with E-state index >= 15 is 0 Å². The third-order valence-electron chi connectivity index (χ3n) is 4.57. The molecule has 1 aromatic heterocycles. The number of unbranched alkanes of at least 4 members (excludes halogenated alkanes) is 1. The van der Waals surface area contributed by atoms with Crippen molar-refractivity contribution in [1.82, 2.24) is 0 Å². The third kappa shape index (κ3) is 6.24. The van der Waals surface area contributed by atoms with Gasteiger partial charge < -0.3 is 9.84 Å². The van der Waals surface area contributed by atoms with E-state index in [9.17, 15) is 14.7 Å². The minimum atomic E-state index is -1.52. The summed E-state index contributed by atoms with van der Waals surface area (Å²) in [5, 5.41) is 11.4. The smallest absolute Gasteiger partial charge is 0.323 e. The Morgan fingerprint density at radius 2 is 1.96 bits per heavy atom. The first kappa shape index (κ1) is 21.7. The van der Waals surface area contributed by atoms with Crippen molar-refractivity contribution in [3.8, 4) is 11.8 Å². The van der Waals surface area contributed by atoms with E-state index in [1.54, 1.807) is 18.3 Å². The van der Waals surface area contributed by atoms with Crippen LogP contribution in [0.5, 0.6) is 0 Å². The predicted molar refractivity (Wildman–Crippen MR) is 111 cm³/mol. The number of hydrogen-bond acceptors (Lipinski definition) is 4. The number of benzene rings is 1. The molecule has 1 N–H and O–H groups in total. The minimum Gasteiger partial charge on any atom is -0.480 e. The van der Waals surface area contributed by atoms with Gasteiger partial charge in [-0.05, 0) is 51.2 Å². The third-order valence-corrected chi connectivity index (χ3v) is 5.56. The van der Waals surface area contributed by atoms with E-state index in [0.29, 0.717) is 6.42 Å². The quantitative estimate of drug-likeness (QED) is 0.288. The van der Waals surface area contributed by atoms with Gasteiger partial charge in [-0.15, -0.1) is 11.3 Å². The average molecular weight is 399 g/mol. The Kier molecular flexibility index (Phi) is 8.28. The van der Waals surface area contributed by atoms with Gasteiger partial charge in [-0.3, -0.25) is 9.59 Å². The number of esters is 1. The van der Waals surface area contributed by atoms with Gasteiger partial charge in [-0.2, -0.15) is 0 Å². The highest BCUT2D eigenvalue weighted by atomic mass is 32.1. The predicted octanol–water partition coefficient (Wildman–Crippen LogP) is 4.71. The number of carboxylic acids is 1. The first-order valence-electron chi connectivity index (χ1n) is 9.46.